The molecule has 0 spiro atoms. The molecular formula is C23H29N3O2. The van der Waals surface area contributed by atoms with Crippen LogP contribution in [0.4, 0.5) is 0 Å². The number of nitrogens with two attached hydrogens (primary N) is 1. The van der Waals surface area contributed by atoms with Gasteiger partial charge in [-0.3, -0.25) is 9.69 Å². The Labute approximate surface area is 167 Å². The van der Waals surface area contributed by atoms with Gasteiger partial charge in [-0.25, -0.2) is 0 Å². The van der Waals surface area contributed by atoms with Gasteiger partial charge < -0.3 is 15.4 Å². The SMILES string of the molecule is NC1(C(=O)N2CCN(C(COc3ccccc3)c3ccccc3)CC2)CCC1. The molecule has 2 fully saturated rings. The Morgan fingerprint density at radius 1 is 0.964 bits per heavy atom. The van der Waals surface area contributed by atoms with E-state index in [1.165, 1.54) is 5.56 Å². The van der Waals surface area contributed by atoms with Crippen LogP contribution in [0.1, 0.15) is 30.9 Å². The van der Waals surface area contributed by atoms with Crippen LogP contribution in [-0.4, -0.2) is 54.0 Å². The van der Waals surface area contributed by atoms with Crippen LogP contribution in [0.5, 0.6) is 5.75 Å². The summed E-state index contributed by atoms with van der Waals surface area (Å²) < 4.78 is 6.09. The minimum Gasteiger partial charge on any atom is -0.492 e. The summed E-state index contributed by atoms with van der Waals surface area (Å²) in [6.45, 7) is 3.71. The van der Waals surface area contributed by atoms with Gasteiger partial charge in [-0.15, -0.1) is 0 Å². The number of amides is 1. The van der Waals surface area contributed by atoms with Gasteiger partial charge in [0.25, 0.3) is 0 Å². The largest absolute Gasteiger partial charge is 0.492 e. The normalized spacial score (nSPS) is 20.2. The number of rotatable bonds is 6. The highest BCUT2D eigenvalue weighted by molar-refractivity contribution is 5.87. The van der Waals surface area contributed by atoms with E-state index in [-0.39, 0.29) is 11.9 Å². The number of piperazine rings is 1. The van der Waals surface area contributed by atoms with Crippen molar-refractivity contribution >= 4 is 5.91 Å². The number of para-hydroxylation sites is 1. The van der Waals surface area contributed by atoms with Crippen molar-refractivity contribution < 1.29 is 9.53 Å². The first-order valence-electron chi connectivity index (χ1n) is 10.2. The van der Waals surface area contributed by atoms with Crippen molar-refractivity contribution in [2.24, 2.45) is 5.73 Å². The molecule has 28 heavy (non-hydrogen) atoms. The zero-order valence-corrected chi connectivity index (χ0v) is 16.3. The molecule has 5 nitrogen and oxygen atoms in total. The number of hydrogen-bond donors (Lipinski definition) is 1. The molecule has 148 valence electrons. The molecule has 1 saturated heterocycles. The van der Waals surface area contributed by atoms with Gasteiger partial charge in [-0.05, 0) is 37.0 Å². The lowest BCUT2D eigenvalue weighted by molar-refractivity contribution is -0.142. The van der Waals surface area contributed by atoms with Gasteiger partial charge >= 0.3 is 0 Å². The molecule has 0 radical (unpaired) electrons. The molecule has 0 bridgehead atoms. The van der Waals surface area contributed by atoms with Crippen molar-refractivity contribution in [3.8, 4) is 5.75 Å². The summed E-state index contributed by atoms with van der Waals surface area (Å²) in [4.78, 5) is 17.1. The second-order valence-corrected chi connectivity index (χ2v) is 7.89. The van der Waals surface area contributed by atoms with E-state index in [4.69, 9.17) is 10.5 Å². The molecule has 2 aliphatic rings. The lowest BCUT2D eigenvalue weighted by Gasteiger charge is -2.44. The first-order chi connectivity index (χ1) is 13.7. The standard InChI is InChI=1S/C23H29N3O2/c24-23(12-7-13-23)22(27)26-16-14-25(15-17-26)21(19-8-3-1-4-9-19)18-28-20-10-5-2-6-11-20/h1-6,8-11,21H,7,12-18,24H2. The van der Waals surface area contributed by atoms with E-state index < -0.39 is 5.54 Å². The fourth-order valence-corrected chi connectivity index (χ4v) is 4.10. The van der Waals surface area contributed by atoms with Crippen LogP contribution in [-0.2, 0) is 4.79 Å². The summed E-state index contributed by atoms with van der Waals surface area (Å²) in [5.74, 6) is 1.02. The maximum Gasteiger partial charge on any atom is 0.242 e. The van der Waals surface area contributed by atoms with Gasteiger partial charge in [0, 0.05) is 26.2 Å². The van der Waals surface area contributed by atoms with Crippen molar-refractivity contribution in [1.29, 1.82) is 0 Å². The second-order valence-electron chi connectivity index (χ2n) is 7.89. The molecule has 4 rings (SSSR count). The Hall–Kier alpha value is -2.37. The predicted octanol–water partition coefficient (Wildman–Crippen LogP) is 2.83. The summed E-state index contributed by atoms with van der Waals surface area (Å²) in [6, 6.07) is 20.6. The quantitative estimate of drug-likeness (QED) is 0.839. The fourth-order valence-electron chi connectivity index (χ4n) is 4.10. The van der Waals surface area contributed by atoms with Crippen LogP contribution in [0.15, 0.2) is 60.7 Å². The third-order valence-electron chi connectivity index (χ3n) is 6.05. The third kappa shape index (κ3) is 4.05. The van der Waals surface area contributed by atoms with Crippen LogP contribution < -0.4 is 10.5 Å². The van der Waals surface area contributed by atoms with E-state index in [0.717, 1.165) is 51.2 Å². The van der Waals surface area contributed by atoms with Crippen molar-refractivity contribution in [3.63, 3.8) is 0 Å². The summed E-state index contributed by atoms with van der Waals surface area (Å²) >= 11 is 0. The van der Waals surface area contributed by atoms with Crippen LogP contribution in [0.3, 0.4) is 0 Å². The minimum atomic E-state index is -0.600. The van der Waals surface area contributed by atoms with E-state index in [1.807, 2.05) is 41.3 Å². The van der Waals surface area contributed by atoms with E-state index in [0.29, 0.717) is 6.61 Å². The Bertz CT molecular complexity index is 769. The summed E-state index contributed by atoms with van der Waals surface area (Å²) in [5, 5.41) is 0. The molecule has 2 N–H and O–H groups in total. The molecule has 1 heterocycles. The Kier molecular flexibility index (Phi) is 5.64. The van der Waals surface area contributed by atoms with E-state index in [2.05, 4.69) is 29.2 Å². The number of nitrogens with zero attached hydrogens (tertiary/aromatic N) is 2. The van der Waals surface area contributed by atoms with E-state index in [1.54, 1.807) is 0 Å². The van der Waals surface area contributed by atoms with Gasteiger partial charge in [-0.2, -0.15) is 0 Å². The lowest BCUT2D eigenvalue weighted by atomic mass is 9.76. The number of ether oxygens (including phenoxy) is 1. The average Bonchev–Trinajstić information content (AvgIpc) is 2.74. The summed E-state index contributed by atoms with van der Waals surface area (Å²) in [6.07, 6.45) is 2.71. The van der Waals surface area contributed by atoms with Gasteiger partial charge in [-0.1, -0.05) is 48.5 Å². The maximum atomic E-state index is 12.7. The van der Waals surface area contributed by atoms with Gasteiger partial charge in [0.15, 0.2) is 0 Å². The van der Waals surface area contributed by atoms with E-state index >= 15 is 0 Å². The predicted molar refractivity (Wildman–Crippen MR) is 110 cm³/mol. The zero-order chi connectivity index (χ0) is 19.4. The van der Waals surface area contributed by atoms with Gasteiger partial charge in [0.1, 0.15) is 12.4 Å². The van der Waals surface area contributed by atoms with Crippen molar-refractivity contribution in [2.45, 2.75) is 30.8 Å². The van der Waals surface area contributed by atoms with Crippen LogP contribution in [0.25, 0.3) is 0 Å². The Morgan fingerprint density at radius 3 is 2.14 bits per heavy atom. The smallest absolute Gasteiger partial charge is 0.242 e. The number of benzene rings is 2. The first-order valence-corrected chi connectivity index (χ1v) is 10.2. The van der Waals surface area contributed by atoms with Crippen LogP contribution in [0, 0.1) is 0 Å². The molecular weight excluding hydrogens is 350 g/mol. The van der Waals surface area contributed by atoms with Crippen molar-refractivity contribution in [2.75, 3.05) is 32.8 Å². The average molecular weight is 380 g/mol. The van der Waals surface area contributed by atoms with Crippen LogP contribution in [0.2, 0.25) is 0 Å². The highest BCUT2D eigenvalue weighted by Gasteiger charge is 2.43. The molecule has 1 amide bonds. The molecule has 0 aromatic heterocycles. The van der Waals surface area contributed by atoms with Gasteiger partial charge in [0.05, 0.1) is 11.6 Å². The molecule has 2 aromatic rings. The lowest BCUT2D eigenvalue weighted by Crippen LogP contribution is -2.62. The Balaban J connectivity index is 1.41. The van der Waals surface area contributed by atoms with E-state index in [9.17, 15) is 4.79 Å². The highest BCUT2D eigenvalue weighted by Crippen LogP contribution is 2.32. The summed E-state index contributed by atoms with van der Waals surface area (Å²) in [5.41, 5.74) is 6.89. The Morgan fingerprint density at radius 2 is 1.57 bits per heavy atom. The monoisotopic (exact) mass is 379 g/mol. The highest BCUT2D eigenvalue weighted by atomic mass is 16.5. The molecule has 1 aliphatic carbocycles. The molecule has 5 heteroatoms. The van der Waals surface area contributed by atoms with Crippen molar-refractivity contribution in [1.82, 2.24) is 9.80 Å². The molecule has 1 atom stereocenters. The second kappa shape index (κ2) is 8.33. The number of hydrogen-bond acceptors (Lipinski definition) is 4. The molecule has 1 unspecified atom stereocenters. The third-order valence-corrected chi connectivity index (χ3v) is 6.05. The molecule has 1 saturated carbocycles. The van der Waals surface area contributed by atoms with Crippen LogP contribution >= 0.6 is 0 Å². The van der Waals surface area contributed by atoms with Crippen molar-refractivity contribution in [3.05, 3.63) is 66.2 Å². The number of carbonyl (C=O) groups is 1. The zero-order valence-electron chi connectivity index (χ0n) is 16.3. The minimum absolute atomic E-state index is 0.134. The molecule has 1 aliphatic heterocycles. The topological polar surface area (TPSA) is 58.8 Å². The maximum absolute atomic E-state index is 12.7. The first kappa shape index (κ1) is 19.0. The number of carbonyl (C=O) groups excluding carboxylic acids is 1. The summed E-state index contributed by atoms with van der Waals surface area (Å²) in [7, 11) is 0. The fraction of sp³-hybridized carbons (Fsp3) is 0.435. The van der Waals surface area contributed by atoms with Gasteiger partial charge in [0.2, 0.25) is 5.91 Å². The molecule has 2 aromatic carbocycles.